The predicted octanol–water partition coefficient (Wildman–Crippen LogP) is 3.49. The van der Waals surface area contributed by atoms with Crippen LogP contribution in [0.3, 0.4) is 0 Å². The number of phenolic OH excluding ortho intramolecular Hbond substituents is 1. The Balaban J connectivity index is 2.25. The van der Waals surface area contributed by atoms with E-state index < -0.39 is 5.97 Å². The third-order valence-corrected chi connectivity index (χ3v) is 3.79. The van der Waals surface area contributed by atoms with Crippen molar-refractivity contribution in [2.75, 3.05) is 7.11 Å². The first-order chi connectivity index (χ1) is 11.3. The van der Waals surface area contributed by atoms with E-state index in [9.17, 15) is 14.7 Å². The smallest absolute Gasteiger partial charge is 0.342 e. The fraction of sp³-hybridized carbons (Fsp3) is 0.368. The van der Waals surface area contributed by atoms with Crippen molar-refractivity contribution in [2.24, 2.45) is 0 Å². The molecule has 0 aromatic heterocycles. The van der Waals surface area contributed by atoms with Gasteiger partial charge in [-0.2, -0.15) is 0 Å². The van der Waals surface area contributed by atoms with Gasteiger partial charge < -0.3 is 14.6 Å². The Labute approximate surface area is 141 Å². The molecule has 0 saturated carbocycles. The topological polar surface area (TPSA) is 72.8 Å². The minimum Gasteiger partial charge on any atom is -0.507 e. The van der Waals surface area contributed by atoms with E-state index in [-0.39, 0.29) is 23.7 Å². The Bertz CT molecular complexity index is 737. The molecule has 5 nitrogen and oxygen atoms in total. The summed E-state index contributed by atoms with van der Waals surface area (Å²) in [6.07, 6.45) is 4.16. The first-order valence-corrected chi connectivity index (χ1v) is 7.75. The molecule has 1 N–H and O–H groups in total. The van der Waals surface area contributed by atoms with Crippen LogP contribution in [0.15, 0.2) is 29.4 Å². The van der Waals surface area contributed by atoms with E-state index in [1.165, 1.54) is 7.11 Å². The number of hydrogen-bond donors (Lipinski definition) is 1. The maximum absolute atomic E-state index is 11.8. The van der Waals surface area contributed by atoms with Gasteiger partial charge in [0.1, 0.15) is 23.7 Å². The third kappa shape index (κ3) is 3.85. The predicted molar refractivity (Wildman–Crippen MR) is 90.3 cm³/mol. The largest absolute Gasteiger partial charge is 0.507 e. The van der Waals surface area contributed by atoms with Crippen LogP contribution in [0.5, 0.6) is 11.5 Å². The standard InChI is InChI=1S/C19H22O5/c1-11(2)7-14(20)8-12(3)5-6-15-16(23-4)9-13-10-24-19(22)17(13)18(15)21/h5,7,9,21H,6,8,10H2,1-4H3. The molecule has 1 heterocycles. The fourth-order valence-corrected chi connectivity index (χ4v) is 2.67. The van der Waals surface area contributed by atoms with Crippen LogP contribution >= 0.6 is 0 Å². The first-order valence-electron chi connectivity index (χ1n) is 7.75. The highest BCUT2D eigenvalue weighted by Crippen LogP contribution is 2.38. The van der Waals surface area contributed by atoms with Gasteiger partial charge in [0.05, 0.1) is 7.11 Å². The summed E-state index contributed by atoms with van der Waals surface area (Å²) in [5.41, 5.74) is 3.20. The summed E-state index contributed by atoms with van der Waals surface area (Å²) in [4.78, 5) is 23.5. The number of phenols is 1. The second-order valence-corrected chi connectivity index (χ2v) is 6.14. The minimum absolute atomic E-state index is 0.0393. The van der Waals surface area contributed by atoms with Crippen molar-refractivity contribution in [3.05, 3.63) is 46.1 Å². The second-order valence-electron chi connectivity index (χ2n) is 6.14. The summed E-state index contributed by atoms with van der Waals surface area (Å²) in [5, 5.41) is 10.4. The van der Waals surface area contributed by atoms with E-state index in [0.29, 0.717) is 29.7 Å². The van der Waals surface area contributed by atoms with Crippen molar-refractivity contribution in [1.29, 1.82) is 0 Å². The van der Waals surface area contributed by atoms with E-state index >= 15 is 0 Å². The van der Waals surface area contributed by atoms with Crippen LogP contribution in [0.1, 0.15) is 48.7 Å². The molecule has 0 bridgehead atoms. The monoisotopic (exact) mass is 330 g/mol. The quantitative estimate of drug-likeness (QED) is 0.491. The Morgan fingerprint density at radius 1 is 1.38 bits per heavy atom. The molecule has 0 amide bonds. The summed E-state index contributed by atoms with van der Waals surface area (Å²) in [6, 6.07) is 1.72. The van der Waals surface area contributed by atoms with Crippen LogP contribution in [0.4, 0.5) is 0 Å². The van der Waals surface area contributed by atoms with Crippen molar-refractivity contribution in [3.63, 3.8) is 0 Å². The molecular weight excluding hydrogens is 308 g/mol. The number of benzene rings is 1. The molecule has 128 valence electrons. The number of carbonyl (C=O) groups is 2. The Hall–Kier alpha value is -2.56. The van der Waals surface area contributed by atoms with Gasteiger partial charge in [-0.15, -0.1) is 0 Å². The number of esters is 1. The lowest BCUT2D eigenvalue weighted by molar-refractivity contribution is -0.114. The summed E-state index contributed by atoms with van der Waals surface area (Å²) in [5.74, 6) is -0.0842. The van der Waals surface area contributed by atoms with Crippen molar-refractivity contribution in [1.82, 2.24) is 0 Å². The van der Waals surface area contributed by atoms with Crippen molar-refractivity contribution >= 4 is 11.8 Å². The highest BCUT2D eigenvalue weighted by Gasteiger charge is 2.29. The molecule has 0 saturated heterocycles. The number of fused-ring (bicyclic) bond motifs is 1. The molecule has 0 radical (unpaired) electrons. The van der Waals surface area contributed by atoms with Crippen LogP contribution in [0.2, 0.25) is 0 Å². The maximum atomic E-state index is 11.8. The molecule has 5 heteroatoms. The zero-order chi connectivity index (χ0) is 17.9. The van der Waals surface area contributed by atoms with E-state index in [0.717, 1.165) is 11.1 Å². The van der Waals surface area contributed by atoms with Gasteiger partial charge in [0.15, 0.2) is 5.78 Å². The average Bonchev–Trinajstić information content (AvgIpc) is 2.86. The number of cyclic esters (lactones) is 1. The Morgan fingerprint density at radius 3 is 2.71 bits per heavy atom. The minimum atomic E-state index is -0.522. The fourth-order valence-electron chi connectivity index (χ4n) is 2.67. The molecule has 1 aliphatic rings. The van der Waals surface area contributed by atoms with Crippen LogP contribution in [-0.2, 0) is 22.6 Å². The number of aromatic hydroxyl groups is 1. The molecule has 0 fully saturated rings. The molecule has 1 aromatic carbocycles. The number of hydrogen-bond acceptors (Lipinski definition) is 5. The van der Waals surface area contributed by atoms with E-state index in [4.69, 9.17) is 9.47 Å². The van der Waals surface area contributed by atoms with Crippen LogP contribution in [0.25, 0.3) is 0 Å². The van der Waals surface area contributed by atoms with Crippen LogP contribution in [-0.4, -0.2) is 24.0 Å². The summed E-state index contributed by atoms with van der Waals surface area (Å²) in [6.45, 7) is 5.76. The van der Waals surface area contributed by atoms with Crippen LogP contribution in [0, 0.1) is 0 Å². The SMILES string of the molecule is COc1cc2c(c(O)c1CC=C(C)CC(=O)C=C(C)C)C(=O)OC2. The third-order valence-electron chi connectivity index (χ3n) is 3.79. The molecule has 0 atom stereocenters. The van der Waals surface area contributed by atoms with Gasteiger partial charge in [0.25, 0.3) is 0 Å². The van der Waals surface area contributed by atoms with Gasteiger partial charge in [-0.3, -0.25) is 4.79 Å². The van der Waals surface area contributed by atoms with E-state index in [1.54, 1.807) is 12.1 Å². The summed E-state index contributed by atoms with van der Waals surface area (Å²) in [7, 11) is 1.51. The number of allylic oxidation sites excluding steroid dienone is 4. The molecule has 1 aromatic rings. The van der Waals surface area contributed by atoms with Gasteiger partial charge in [-0.1, -0.05) is 17.2 Å². The number of ether oxygens (including phenoxy) is 2. The Morgan fingerprint density at radius 2 is 2.08 bits per heavy atom. The number of methoxy groups -OCH3 is 1. The number of rotatable bonds is 6. The van der Waals surface area contributed by atoms with Crippen molar-refractivity contribution in [2.45, 2.75) is 40.2 Å². The molecule has 0 aliphatic carbocycles. The molecule has 2 rings (SSSR count). The highest BCUT2D eigenvalue weighted by molar-refractivity contribution is 5.97. The molecule has 0 spiro atoms. The molecule has 0 unspecified atom stereocenters. The van der Waals surface area contributed by atoms with Crippen molar-refractivity contribution in [3.8, 4) is 11.5 Å². The van der Waals surface area contributed by atoms with Gasteiger partial charge >= 0.3 is 5.97 Å². The lowest BCUT2D eigenvalue weighted by atomic mass is 9.99. The first kappa shape index (κ1) is 17.8. The van der Waals surface area contributed by atoms with Gasteiger partial charge in [-0.05, 0) is 39.3 Å². The van der Waals surface area contributed by atoms with Gasteiger partial charge in [-0.25, -0.2) is 4.79 Å². The molecule has 1 aliphatic heterocycles. The zero-order valence-electron chi connectivity index (χ0n) is 14.4. The normalized spacial score (nSPS) is 13.3. The lowest BCUT2D eigenvalue weighted by Crippen LogP contribution is -2.00. The van der Waals surface area contributed by atoms with Crippen LogP contribution < -0.4 is 4.74 Å². The second kappa shape index (κ2) is 7.34. The average molecular weight is 330 g/mol. The number of carbonyl (C=O) groups excluding carboxylic acids is 2. The summed E-state index contributed by atoms with van der Waals surface area (Å²) < 4.78 is 10.3. The number of ketones is 1. The highest BCUT2D eigenvalue weighted by atomic mass is 16.5. The van der Waals surface area contributed by atoms with E-state index in [2.05, 4.69) is 0 Å². The van der Waals surface area contributed by atoms with Gasteiger partial charge in [0, 0.05) is 17.5 Å². The maximum Gasteiger partial charge on any atom is 0.342 e. The lowest BCUT2D eigenvalue weighted by Gasteiger charge is -2.12. The van der Waals surface area contributed by atoms with E-state index in [1.807, 2.05) is 26.8 Å². The van der Waals surface area contributed by atoms with Gasteiger partial charge in [0.2, 0.25) is 0 Å². The zero-order valence-corrected chi connectivity index (χ0v) is 14.4. The Kier molecular flexibility index (Phi) is 5.44. The summed E-state index contributed by atoms with van der Waals surface area (Å²) >= 11 is 0. The van der Waals surface area contributed by atoms with Crippen molar-refractivity contribution < 1.29 is 24.2 Å². The molecule has 24 heavy (non-hydrogen) atoms. The molecular formula is C19H22O5.